The van der Waals surface area contributed by atoms with Crippen molar-refractivity contribution in [3.05, 3.63) is 21.7 Å². The summed E-state index contributed by atoms with van der Waals surface area (Å²) in [6.07, 6.45) is 1.54. The molecule has 0 spiro atoms. The minimum Gasteiger partial charge on any atom is -0.394 e. The quantitative estimate of drug-likeness (QED) is 0.516. The molecule has 0 bridgehead atoms. The third-order valence-electron chi connectivity index (χ3n) is 2.19. The number of nitrogens with zero attached hydrogens (tertiary/aromatic N) is 3. The van der Waals surface area contributed by atoms with Crippen LogP contribution in [0.5, 0.6) is 0 Å². The zero-order valence-corrected chi connectivity index (χ0v) is 9.42. The first kappa shape index (κ1) is 11.8. The largest absolute Gasteiger partial charge is 0.394 e. The van der Waals surface area contributed by atoms with Gasteiger partial charge in [-0.05, 0) is 4.92 Å². The summed E-state index contributed by atoms with van der Waals surface area (Å²) < 4.78 is 1.35. The van der Waals surface area contributed by atoms with E-state index in [0.717, 1.165) is 0 Å². The van der Waals surface area contributed by atoms with Crippen LogP contribution in [0.3, 0.4) is 0 Å². The van der Waals surface area contributed by atoms with Crippen molar-refractivity contribution >= 4 is 27.9 Å². The first-order chi connectivity index (χ1) is 8.17. The summed E-state index contributed by atoms with van der Waals surface area (Å²) >= 11 is 1.26. The summed E-state index contributed by atoms with van der Waals surface area (Å²) in [4.78, 5) is 14.9. The molecule has 0 fully saturated rings. The van der Waals surface area contributed by atoms with Gasteiger partial charge >= 0.3 is 5.82 Å². The van der Waals surface area contributed by atoms with Crippen LogP contribution in [0.1, 0.15) is 0 Å². The van der Waals surface area contributed by atoms with Crippen LogP contribution in [0, 0.1) is 10.1 Å². The standard InChI is InChI=1S/C8H10N4O4S/c13-3-5(4-14)9-6-7(12(15)16)11-1-2-17-8(11)10-6/h1-2,5,9,13-14H,3-4H2. The maximum atomic E-state index is 10.9. The second kappa shape index (κ2) is 4.65. The van der Waals surface area contributed by atoms with Crippen molar-refractivity contribution in [2.24, 2.45) is 0 Å². The van der Waals surface area contributed by atoms with E-state index in [4.69, 9.17) is 10.2 Å². The minimum atomic E-state index is -0.668. The summed E-state index contributed by atoms with van der Waals surface area (Å²) in [5.41, 5.74) is 0. The molecule has 2 aromatic heterocycles. The molecule has 3 N–H and O–H groups in total. The number of hydrogen-bond acceptors (Lipinski definition) is 7. The highest BCUT2D eigenvalue weighted by molar-refractivity contribution is 7.15. The van der Waals surface area contributed by atoms with E-state index in [-0.39, 0.29) is 24.8 Å². The first-order valence-electron chi connectivity index (χ1n) is 4.75. The Kier molecular flexibility index (Phi) is 3.22. The van der Waals surface area contributed by atoms with Gasteiger partial charge in [-0.2, -0.15) is 9.38 Å². The summed E-state index contributed by atoms with van der Waals surface area (Å²) in [5.74, 6) is -0.150. The number of imidazole rings is 1. The molecule has 0 saturated heterocycles. The van der Waals surface area contributed by atoms with Gasteiger partial charge in [-0.3, -0.25) is 0 Å². The highest BCUT2D eigenvalue weighted by Crippen LogP contribution is 2.28. The number of anilines is 1. The number of aliphatic hydroxyl groups excluding tert-OH is 2. The van der Waals surface area contributed by atoms with Crippen LogP contribution in [0.25, 0.3) is 4.96 Å². The second-order valence-corrected chi connectivity index (χ2v) is 4.18. The lowest BCUT2D eigenvalue weighted by molar-refractivity contribution is -0.389. The molecule has 0 saturated carbocycles. The van der Waals surface area contributed by atoms with Crippen molar-refractivity contribution in [1.29, 1.82) is 0 Å². The Hall–Kier alpha value is -1.71. The van der Waals surface area contributed by atoms with Crippen molar-refractivity contribution in [1.82, 2.24) is 9.38 Å². The number of aliphatic hydroxyl groups is 2. The zero-order valence-electron chi connectivity index (χ0n) is 8.61. The molecule has 8 nitrogen and oxygen atoms in total. The average Bonchev–Trinajstić information content (AvgIpc) is 2.84. The number of fused-ring (bicyclic) bond motifs is 1. The molecule has 9 heteroatoms. The third kappa shape index (κ3) is 2.07. The molecular formula is C8H10N4O4S. The highest BCUT2D eigenvalue weighted by atomic mass is 32.1. The predicted molar refractivity (Wildman–Crippen MR) is 61.3 cm³/mol. The summed E-state index contributed by atoms with van der Waals surface area (Å²) in [7, 11) is 0. The van der Waals surface area contributed by atoms with Crippen LogP contribution >= 0.6 is 11.3 Å². The number of rotatable bonds is 5. The van der Waals surface area contributed by atoms with E-state index in [1.54, 1.807) is 11.6 Å². The Morgan fingerprint density at radius 1 is 1.59 bits per heavy atom. The Labute approximate surface area is 99.3 Å². The van der Waals surface area contributed by atoms with Gasteiger partial charge in [0.15, 0.2) is 0 Å². The van der Waals surface area contributed by atoms with Crippen LogP contribution in [0.2, 0.25) is 0 Å². The van der Waals surface area contributed by atoms with Gasteiger partial charge in [0, 0.05) is 5.38 Å². The van der Waals surface area contributed by atoms with Gasteiger partial charge in [0.1, 0.15) is 6.20 Å². The Balaban J connectivity index is 2.41. The molecule has 0 radical (unpaired) electrons. The molecule has 0 aliphatic carbocycles. The van der Waals surface area contributed by atoms with Gasteiger partial charge in [0.25, 0.3) is 4.96 Å². The van der Waals surface area contributed by atoms with Gasteiger partial charge in [0.05, 0.1) is 19.3 Å². The van der Waals surface area contributed by atoms with E-state index < -0.39 is 11.0 Å². The molecule has 0 unspecified atom stereocenters. The molecule has 0 atom stereocenters. The summed E-state index contributed by atoms with van der Waals surface area (Å²) in [5, 5.41) is 33.1. The van der Waals surface area contributed by atoms with E-state index in [2.05, 4.69) is 10.3 Å². The molecule has 0 aliphatic rings. The Morgan fingerprint density at radius 3 is 2.88 bits per heavy atom. The van der Waals surface area contributed by atoms with Gasteiger partial charge in [-0.15, -0.1) is 0 Å². The molecule has 2 aromatic rings. The van der Waals surface area contributed by atoms with Crippen LogP contribution in [-0.2, 0) is 0 Å². The molecule has 0 aliphatic heterocycles. The topological polar surface area (TPSA) is 113 Å². The van der Waals surface area contributed by atoms with Crippen LogP contribution in [-0.4, -0.2) is 43.8 Å². The summed E-state index contributed by atoms with van der Waals surface area (Å²) in [6.45, 7) is -0.669. The van der Waals surface area contributed by atoms with E-state index >= 15 is 0 Å². The number of aromatic nitrogens is 2. The molecule has 0 amide bonds. The van der Waals surface area contributed by atoms with Crippen LogP contribution in [0.4, 0.5) is 11.6 Å². The number of hydrogen-bond donors (Lipinski definition) is 3. The SMILES string of the molecule is O=[N+]([O-])c1c(NC(CO)CO)nc2sccn12. The zero-order chi connectivity index (χ0) is 12.4. The molecular weight excluding hydrogens is 248 g/mol. The lowest BCUT2D eigenvalue weighted by Crippen LogP contribution is -2.28. The van der Waals surface area contributed by atoms with E-state index in [1.165, 1.54) is 15.7 Å². The van der Waals surface area contributed by atoms with Crippen molar-refractivity contribution in [3.8, 4) is 0 Å². The van der Waals surface area contributed by atoms with Crippen molar-refractivity contribution < 1.29 is 15.1 Å². The number of thiazole rings is 1. The Morgan fingerprint density at radius 2 is 2.29 bits per heavy atom. The average molecular weight is 258 g/mol. The first-order valence-corrected chi connectivity index (χ1v) is 5.63. The van der Waals surface area contributed by atoms with Gasteiger partial charge in [-0.25, -0.2) is 0 Å². The predicted octanol–water partition coefficient (Wildman–Crippen LogP) is 0.0691. The van der Waals surface area contributed by atoms with Crippen molar-refractivity contribution in [2.45, 2.75) is 6.04 Å². The minimum absolute atomic E-state index is 0.0509. The molecule has 0 aromatic carbocycles. The van der Waals surface area contributed by atoms with E-state index in [1.807, 2.05) is 0 Å². The second-order valence-electron chi connectivity index (χ2n) is 3.30. The monoisotopic (exact) mass is 258 g/mol. The smallest absolute Gasteiger partial charge is 0.372 e. The number of nitrogens with one attached hydrogen (secondary N) is 1. The fraction of sp³-hybridized carbons (Fsp3) is 0.375. The lowest BCUT2D eigenvalue weighted by atomic mass is 10.3. The van der Waals surface area contributed by atoms with Crippen molar-refractivity contribution in [3.63, 3.8) is 0 Å². The normalized spacial score (nSPS) is 11.2. The maximum absolute atomic E-state index is 10.9. The molecule has 2 rings (SSSR count). The van der Waals surface area contributed by atoms with Crippen LogP contribution in [0.15, 0.2) is 11.6 Å². The van der Waals surface area contributed by atoms with Gasteiger partial charge in [-0.1, -0.05) is 11.3 Å². The van der Waals surface area contributed by atoms with Gasteiger partial charge in [0.2, 0.25) is 5.82 Å². The highest BCUT2D eigenvalue weighted by Gasteiger charge is 2.25. The Bertz CT molecular complexity index is 533. The fourth-order valence-corrected chi connectivity index (χ4v) is 2.10. The van der Waals surface area contributed by atoms with Crippen molar-refractivity contribution in [2.75, 3.05) is 18.5 Å². The lowest BCUT2D eigenvalue weighted by Gasteiger charge is -2.11. The molecule has 92 valence electrons. The van der Waals surface area contributed by atoms with Gasteiger partial charge < -0.3 is 25.6 Å². The maximum Gasteiger partial charge on any atom is 0.372 e. The van der Waals surface area contributed by atoms with Crippen LogP contribution < -0.4 is 5.32 Å². The third-order valence-corrected chi connectivity index (χ3v) is 2.95. The summed E-state index contributed by atoms with van der Waals surface area (Å²) in [6, 6.07) is -0.668. The van der Waals surface area contributed by atoms with E-state index in [0.29, 0.717) is 4.96 Å². The molecule has 2 heterocycles. The van der Waals surface area contributed by atoms with E-state index in [9.17, 15) is 10.1 Å². The fourth-order valence-electron chi connectivity index (χ4n) is 1.39. The molecule has 17 heavy (non-hydrogen) atoms. The number of nitro groups is 1.